The molecule has 2 nitrogen and oxygen atoms in total. The van der Waals surface area contributed by atoms with Crippen molar-refractivity contribution < 1.29 is 0 Å². The highest BCUT2D eigenvalue weighted by Gasteiger charge is 2.37. The smallest absolute Gasteiger partial charge is 0.0372 e. The van der Waals surface area contributed by atoms with E-state index in [0.717, 1.165) is 18.5 Å². The molecule has 1 aromatic heterocycles. The number of aromatic nitrogens is 1. The molecule has 0 spiro atoms. The summed E-state index contributed by atoms with van der Waals surface area (Å²) < 4.78 is 0. The van der Waals surface area contributed by atoms with Gasteiger partial charge in [-0.15, -0.1) is 0 Å². The summed E-state index contributed by atoms with van der Waals surface area (Å²) in [6.45, 7) is 2.01. The lowest BCUT2D eigenvalue weighted by molar-refractivity contribution is 0.608. The molecule has 1 heterocycles. The van der Waals surface area contributed by atoms with Gasteiger partial charge in [-0.1, -0.05) is 6.07 Å². The van der Waals surface area contributed by atoms with E-state index < -0.39 is 0 Å². The third kappa shape index (κ3) is 2.28. The average Bonchev–Trinajstić information content (AvgIpc) is 2.84. The Bertz CT molecular complexity index is 285. The average molecular weight is 176 g/mol. The summed E-state index contributed by atoms with van der Waals surface area (Å²) in [7, 11) is 0. The molecule has 0 aromatic carbocycles. The standard InChI is InChI=1S/C11H16N2/c1-9-2-3-10(8-13-9)4-5-11(12)6-7-11/h2-3,8H,4-7,12H2,1H3. The second-order valence-corrected chi connectivity index (χ2v) is 4.17. The molecule has 0 atom stereocenters. The summed E-state index contributed by atoms with van der Waals surface area (Å²) in [4.78, 5) is 4.26. The molecule has 1 aromatic rings. The summed E-state index contributed by atoms with van der Waals surface area (Å²) in [5.74, 6) is 0. The van der Waals surface area contributed by atoms with Gasteiger partial charge in [-0.2, -0.15) is 0 Å². The molecular weight excluding hydrogens is 160 g/mol. The summed E-state index contributed by atoms with van der Waals surface area (Å²) in [6.07, 6.45) is 6.54. The number of nitrogens with two attached hydrogens (primary N) is 1. The fraction of sp³-hybridized carbons (Fsp3) is 0.545. The van der Waals surface area contributed by atoms with Gasteiger partial charge in [0.25, 0.3) is 0 Å². The first-order valence-corrected chi connectivity index (χ1v) is 4.88. The molecule has 1 aliphatic rings. The molecule has 0 amide bonds. The van der Waals surface area contributed by atoms with Crippen LogP contribution < -0.4 is 5.73 Å². The lowest BCUT2D eigenvalue weighted by Gasteiger charge is -2.07. The molecule has 1 aliphatic carbocycles. The van der Waals surface area contributed by atoms with E-state index in [0.29, 0.717) is 0 Å². The predicted octanol–water partition coefficient (Wildman–Crippen LogP) is 1.81. The van der Waals surface area contributed by atoms with Crippen LogP contribution in [0.1, 0.15) is 30.5 Å². The van der Waals surface area contributed by atoms with Crippen molar-refractivity contribution in [1.82, 2.24) is 4.98 Å². The van der Waals surface area contributed by atoms with Crippen LogP contribution >= 0.6 is 0 Å². The number of hydrogen-bond donors (Lipinski definition) is 1. The van der Waals surface area contributed by atoms with Crippen molar-refractivity contribution >= 4 is 0 Å². The molecule has 2 N–H and O–H groups in total. The Kier molecular flexibility index (Phi) is 2.08. The normalized spacial score (nSPS) is 18.6. The van der Waals surface area contributed by atoms with Crippen LogP contribution in [0.5, 0.6) is 0 Å². The van der Waals surface area contributed by atoms with Gasteiger partial charge in [0.2, 0.25) is 0 Å². The molecule has 0 aliphatic heterocycles. The van der Waals surface area contributed by atoms with E-state index in [-0.39, 0.29) is 5.54 Å². The second-order valence-electron chi connectivity index (χ2n) is 4.17. The molecule has 0 saturated heterocycles. The van der Waals surface area contributed by atoms with Crippen molar-refractivity contribution in [2.24, 2.45) is 5.73 Å². The Hall–Kier alpha value is -0.890. The Morgan fingerprint density at radius 1 is 1.46 bits per heavy atom. The molecule has 2 rings (SSSR count). The van der Waals surface area contributed by atoms with Gasteiger partial charge in [-0.05, 0) is 44.2 Å². The summed E-state index contributed by atoms with van der Waals surface area (Å²) in [5.41, 5.74) is 8.56. The molecule has 0 radical (unpaired) electrons. The quantitative estimate of drug-likeness (QED) is 0.763. The molecule has 70 valence electrons. The number of hydrogen-bond acceptors (Lipinski definition) is 2. The lowest BCUT2D eigenvalue weighted by Crippen LogP contribution is -2.22. The van der Waals surface area contributed by atoms with Crippen molar-refractivity contribution in [2.45, 2.75) is 38.1 Å². The highest BCUT2D eigenvalue weighted by atomic mass is 14.8. The Balaban J connectivity index is 1.91. The van der Waals surface area contributed by atoms with Crippen LogP contribution in [-0.4, -0.2) is 10.5 Å². The van der Waals surface area contributed by atoms with E-state index in [1.54, 1.807) is 0 Å². The molecule has 0 unspecified atom stereocenters. The molecule has 2 heteroatoms. The van der Waals surface area contributed by atoms with Gasteiger partial charge in [-0.25, -0.2) is 0 Å². The van der Waals surface area contributed by atoms with Gasteiger partial charge >= 0.3 is 0 Å². The maximum atomic E-state index is 6.00. The first-order valence-electron chi connectivity index (χ1n) is 4.88. The SMILES string of the molecule is Cc1ccc(CCC2(N)CC2)cn1. The van der Waals surface area contributed by atoms with Crippen molar-refractivity contribution in [1.29, 1.82) is 0 Å². The lowest BCUT2D eigenvalue weighted by atomic mass is 10.1. The van der Waals surface area contributed by atoms with Crippen LogP contribution in [0.2, 0.25) is 0 Å². The summed E-state index contributed by atoms with van der Waals surface area (Å²) in [5, 5.41) is 0. The number of rotatable bonds is 3. The highest BCUT2D eigenvalue weighted by Crippen LogP contribution is 2.36. The predicted molar refractivity (Wildman–Crippen MR) is 53.4 cm³/mol. The van der Waals surface area contributed by atoms with E-state index in [4.69, 9.17) is 5.73 Å². The molecule has 1 fully saturated rings. The fourth-order valence-electron chi connectivity index (χ4n) is 1.45. The van der Waals surface area contributed by atoms with Gasteiger partial charge in [0.15, 0.2) is 0 Å². The second kappa shape index (κ2) is 3.11. The van der Waals surface area contributed by atoms with Crippen LogP contribution in [0.15, 0.2) is 18.3 Å². The van der Waals surface area contributed by atoms with Gasteiger partial charge in [0.05, 0.1) is 0 Å². The topological polar surface area (TPSA) is 38.9 Å². The largest absolute Gasteiger partial charge is 0.325 e. The third-order valence-electron chi connectivity index (χ3n) is 2.78. The maximum Gasteiger partial charge on any atom is 0.0372 e. The van der Waals surface area contributed by atoms with Crippen molar-refractivity contribution in [3.63, 3.8) is 0 Å². The third-order valence-corrected chi connectivity index (χ3v) is 2.78. The Morgan fingerprint density at radius 2 is 2.23 bits per heavy atom. The van der Waals surface area contributed by atoms with Crippen LogP contribution in [0, 0.1) is 6.92 Å². The minimum absolute atomic E-state index is 0.172. The molecular formula is C11H16N2. The van der Waals surface area contributed by atoms with Gasteiger partial charge in [-0.3, -0.25) is 4.98 Å². The summed E-state index contributed by atoms with van der Waals surface area (Å²) in [6, 6.07) is 4.21. The van der Waals surface area contributed by atoms with Crippen LogP contribution in [0.25, 0.3) is 0 Å². The van der Waals surface area contributed by atoms with E-state index in [2.05, 4.69) is 17.1 Å². The van der Waals surface area contributed by atoms with E-state index in [1.807, 2.05) is 13.1 Å². The van der Waals surface area contributed by atoms with Crippen LogP contribution in [0.4, 0.5) is 0 Å². The maximum absolute atomic E-state index is 6.00. The first-order chi connectivity index (χ1) is 6.18. The van der Waals surface area contributed by atoms with Crippen LogP contribution in [-0.2, 0) is 6.42 Å². The number of aryl methyl sites for hydroxylation is 2. The molecule has 0 bridgehead atoms. The summed E-state index contributed by atoms with van der Waals surface area (Å²) >= 11 is 0. The van der Waals surface area contributed by atoms with Gasteiger partial charge < -0.3 is 5.73 Å². The van der Waals surface area contributed by atoms with E-state index in [1.165, 1.54) is 18.4 Å². The van der Waals surface area contributed by atoms with Crippen LogP contribution in [0.3, 0.4) is 0 Å². The van der Waals surface area contributed by atoms with Crippen molar-refractivity contribution in [3.05, 3.63) is 29.6 Å². The van der Waals surface area contributed by atoms with E-state index in [9.17, 15) is 0 Å². The highest BCUT2D eigenvalue weighted by molar-refractivity contribution is 5.14. The zero-order valence-corrected chi connectivity index (χ0v) is 8.09. The Labute approximate surface area is 79.2 Å². The number of pyridine rings is 1. The van der Waals surface area contributed by atoms with Crippen molar-refractivity contribution in [3.8, 4) is 0 Å². The monoisotopic (exact) mass is 176 g/mol. The van der Waals surface area contributed by atoms with Crippen molar-refractivity contribution in [2.75, 3.05) is 0 Å². The zero-order valence-electron chi connectivity index (χ0n) is 8.09. The van der Waals surface area contributed by atoms with Gasteiger partial charge in [0.1, 0.15) is 0 Å². The minimum atomic E-state index is 0.172. The molecule has 1 saturated carbocycles. The zero-order chi connectivity index (χ0) is 9.31. The first kappa shape index (κ1) is 8.70. The van der Waals surface area contributed by atoms with E-state index >= 15 is 0 Å². The minimum Gasteiger partial charge on any atom is -0.325 e. The number of nitrogens with zero attached hydrogens (tertiary/aromatic N) is 1. The molecule has 13 heavy (non-hydrogen) atoms. The fourth-order valence-corrected chi connectivity index (χ4v) is 1.45. The Morgan fingerprint density at radius 3 is 2.77 bits per heavy atom. The van der Waals surface area contributed by atoms with Gasteiger partial charge in [0, 0.05) is 17.4 Å².